The normalized spacial score (nSPS) is 15.1. The predicted octanol–water partition coefficient (Wildman–Crippen LogP) is 3.52. The second kappa shape index (κ2) is 10.9. The molecule has 1 aliphatic heterocycles. The fraction of sp³-hybridized carbons (Fsp3) is 0.259. The van der Waals surface area contributed by atoms with Gasteiger partial charge in [-0.05, 0) is 61.7 Å². The monoisotopic (exact) mass is 484 g/mol. The van der Waals surface area contributed by atoms with Crippen molar-refractivity contribution in [3.8, 4) is 6.07 Å². The van der Waals surface area contributed by atoms with Gasteiger partial charge in [0.1, 0.15) is 5.58 Å². The summed E-state index contributed by atoms with van der Waals surface area (Å²) in [5.41, 5.74) is 8.86. The first-order valence-corrected chi connectivity index (χ1v) is 11.7. The molecule has 9 heteroatoms. The van der Waals surface area contributed by atoms with Crippen LogP contribution in [-0.4, -0.2) is 42.1 Å². The standard InChI is InChI=1S/C27H28N6O3/c1-17(30)23(15-29)26(34)32-22-6-7-24-20(12-22)13-25(36-24)27(35)31-21-8-10-33(11-9-21)16-19-4-2-18(14-28)3-5-19/h2-7,12-13,15,21,29H,8-11,16,30H2,1H3,(H,31,35)(H,32,34)/b23-17+,29-15?. The maximum absolute atomic E-state index is 12.8. The van der Waals surface area contributed by atoms with Gasteiger partial charge in [-0.1, -0.05) is 12.1 Å². The Balaban J connectivity index is 1.33. The number of hydrogen-bond acceptors (Lipinski definition) is 7. The Labute approximate surface area is 209 Å². The fourth-order valence-corrected chi connectivity index (χ4v) is 4.22. The van der Waals surface area contributed by atoms with E-state index in [4.69, 9.17) is 20.8 Å². The summed E-state index contributed by atoms with van der Waals surface area (Å²) in [7, 11) is 0. The molecule has 1 aliphatic rings. The smallest absolute Gasteiger partial charge is 0.287 e. The second-order valence-corrected chi connectivity index (χ2v) is 8.89. The van der Waals surface area contributed by atoms with Crippen molar-refractivity contribution >= 4 is 34.7 Å². The summed E-state index contributed by atoms with van der Waals surface area (Å²) in [5.74, 6) is -0.530. The Bertz CT molecular complexity index is 1350. The van der Waals surface area contributed by atoms with Gasteiger partial charge in [0.2, 0.25) is 0 Å². The Hall–Kier alpha value is -4.42. The van der Waals surface area contributed by atoms with Gasteiger partial charge in [0.15, 0.2) is 5.76 Å². The number of amides is 2. The van der Waals surface area contributed by atoms with Crippen molar-refractivity contribution in [2.24, 2.45) is 5.73 Å². The maximum Gasteiger partial charge on any atom is 0.287 e. The molecular formula is C27H28N6O3. The molecule has 0 spiro atoms. The third-order valence-corrected chi connectivity index (χ3v) is 6.22. The molecule has 0 aliphatic carbocycles. The van der Waals surface area contributed by atoms with Crippen LogP contribution in [0.2, 0.25) is 0 Å². The van der Waals surface area contributed by atoms with Gasteiger partial charge < -0.3 is 26.2 Å². The first-order chi connectivity index (χ1) is 17.4. The zero-order valence-corrected chi connectivity index (χ0v) is 20.0. The first-order valence-electron chi connectivity index (χ1n) is 11.7. The highest BCUT2D eigenvalue weighted by molar-refractivity contribution is 6.17. The number of nitrogens with one attached hydrogen (secondary N) is 3. The Morgan fingerprint density at radius 2 is 1.92 bits per heavy atom. The first kappa shape index (κ1) is 24.7. The Morgan fingerprint density at radius 3 is 2.56 bits per heavy atom. The third kappa shape index (κ3) is 5.79. The van der Waals surface area contributed by atoms with Crippen molar-refractivity contribution in [1.29, 1.82) is 10.7 Å². The van der Waals surface area contributed by atoms with Gasteiger partial charge in [-0.25, -0.2) is 0 Å². The van der Waals surface area contributed by atoms with E-state index in [9.17, 15) is 9.59 Å². The van der Waals surface area contributed by atoms with Crippen LogP contribution in [0, 0.1) is 16.7 Å². The molecule has 0 radical (unpaired) electrons. The molecule has 1 aromatic heterocycles. The van der Waals surface area contributed by atoms with Crippen LogP contribution in [-0.2, 0) is 11.3 Å². The average Bonchev–Trinajstić information content (AvgIpc) is 3.29. The minimum Gasteiger partial charge on any atom is -0.451 e. The number of carbonyl (C=O) groups excluding carboxylic acids is 2. The third-order valence-electron chi connectivity index (χ3n) is 6.22. The molecule has 5 N–H and O–H groups in total. The molecule has 3 aromatic rings. The average molecular weight is 485 g/mol. The van der Waals surface area contributed by atoms with Crippen LogP contribution < -0.4 is 16.4 Å². The molecule has 0 unspecified atom stereocenters. The molecule has 0 atom stereocenters. The van der Waals surface area contributed by atoms with Crippen molar-refractivity contribution in [1.82, 2.24) is 10.2 Å². The maximum atomic E-state index is 12.8. The number of nitrogens with two attached hydrogens (primary N) is 1. The summed E-state index contributed by atoms with van der Waals surface area (Å²) >= 11 is 0. The van der Waals surface area contributed by atoms with Crippen LogP contribution in [0.3, 0.4) is 0 Å². The highest BCUT2D eigenvalue weighted by atomic mass is 16.3. The largest absolute Gasteiger partial charge is 0.451 e. The van der Waals surface area contributed by atoms with E-state index in [0.717, 1.165) is 44.3 Å². The van der Waals surface area contributed by atoms with E-state index in [2.05, 4.69) is 21.6 Å². The molecule has 2 heterocycles. The molecule has 184 valence electrons. The highest BCUT2D eigenvalue weighted by Crippen LogP contribution is 2.24. The predicted molar refractivity (Wildman–Crippen MR) is 137 cm³/mol. The molecule has 1 saturated heterocycles. The lowest BCUT2D eigenvalue weighted by atomic mass is 10.0. The van der Waals surface area contributed by atoms with Crippen LogP contribution in [0.4, 0.5) is 5.69 Å². The lowest BCUT2D eigenvalue weighted by molar-refractivity contribution is -0.112. The molecule has 4 rings (SSSR count). The van der Waals surface area contributed by atoms with Crippen molar-refractivity contribution in [2.45, 2.75) is 32.4 Å². The molecule has 0 saturated carbocycles. The summed E-state index contributed by atoms with van der Waals surface area (Å²) in [6.45, 7) is 4.10. The molecule has 2 amide bonds. The Morgan fingerprint density at radius 1 is 1.19 bits per heavy atom. The molecular weight excluding hydrogens is 456 g/mol. The van der Waals surface area contributed by atoms with Crippen molar-refractivity contribution in [3.05, 3.63) is 76.7 Å². The quantitative estimate of drug-likeness (QED) is 0.298. The van der Waals surface area contributed by atoms with Crippen LogP contribution in [0.15, 0.2) is 64.2 Å². The van der Waals surface area contributed by atoms with Gasteiger partial charge in [0.05, 0.1) is 17.2 Å². The fourth-order valence-electron chi connectivity index (χ4n) is 4.22. The van der Waals surface area contributed by atoms with E-state index in [0.29, 0.717) is 22.2 Å². The van der Waals surface area contributed by atoms with E-state index in [-0.39, 0.29) is 29.0 Å². The molecule has 1 fully saturated rings. The van der Waals surface area contributed by atoms with Crippen LogP contribution in [0.1, 0.15) is 41.4 Å². The van der Waals surface area contributed by atoms with E-state index >= 15 is 0 Å². The number of allylic oxidation sites excluding steroid dienone is 1. The highest BCUT2D eigenvalue weighted by Gasteiger charge is 2.23. The summed E-state index contributed by atoms with van der Waals surface area (Å²) in [6.07, 6.45) is 2.59. The van der Waals surface area contributed by atoms with Gasteiger partial charge in [0, 0.05) is 48.7 Å². The van der Waals surface area contributed by atoms with E-state index in [1.807, 2.05) is 24.3 Å². The van der Waals surface area contributed by atoms with Crippen molar-refractivity contribution in [2.75, 3.05) is 18.4 Å². The second-order valence-electron chi connectivity index (χ2n) is 8.89. The van der Waals surface area contributed by atoms with E-state index in [1.165, 1.54) is 0 Å². The zero-order chi connectivity index (χ0) is 25.7. The minimum atomic E-state index is -0.476. The number of nitriles is 1. The van der Waals surface area contributed by atoms with Gasteiger partial charge in [0.25, 0.3) is 11.8 Å². The lowest BCUT2D eigenvalue weighted by Gasteiger charge is -2.32. The number of nitrogens with zero attached hydrogens (tertiary/aromatic N) is 2. The summed E-state index contributed by atoms with van der Waals surface area (Å²) < 4.78 is 5.73. The van der Waals surface area contributed by atoms with E-state index < -0.39 is 5.91 Å². The van der Waals surface area contributed by atoms with Gasteiger partial charge in [-0.2, -0.15) is 5.26 Å². The number of piperidine rings is 1. The van der Waals surface area contributed by atoms with Crippen molar-refractivity contribution in [3.63, 3.8) is 0 Å². The topological polar surface area (TPSA) is 148 Å². The Kier molecular flexibility index (Phi) is 7.47. The molecule has 9 nitrogen and oxygen atoms in total. The lowest BCUT2D eigenvalue weighted by Crippen LogP contribution is -2.44. The SMILES string of the molecule is C/C(N)=C(/C=N)C(=O)Nc1ccc2oc(C(=O)NC3CCN(Cc4ccc(C#N)cc4)CC3)cc2c1. The summed E-state index contributed by atoms with van der Waals surface area (Å²) in [6, 6.07) is 16.5. The zero-order valence-electron chi connectivity index (χ0n) is 20.0. The summed E-state index contributed by atoms with van der Waals surface area (Å²) in [5, 5.41) is 22.7. The number of carbonyl (C=O) groups is 2. The number of benzene rings is 2. The number of hydrogen-bond donors (Lipinski definition) is 4. The van der Waals surface area contributed by atoms with Gasteiger partial charge in [-0.3, -0.25) is 14.5 Å². The number of anilines is 1. The van der Waals surface area contributed by atoms with Crippen LogP contribution >= 0.6 is 0 Å². The van der Waals surface area contributed by atoms with Gasteiger partial charge >= 0.3 is 0 Å². The number of furan rings is 1. The van der Waals surface area contributed by atoms with E-state index in [1.54, 1.807) is 31.2 Å². The van der Waals surface area contributed by atoms with Crippen LogP contribution in [0.5, 0.6) is 0 Å². The molecule has 2 aromatic carbocycles. The molecule has 0 bridgehead atoms. The number of likely N-dealkylation sites (tertiary alicyclic amines) is 1. The molecule has 36 heavy (non-hydrogen) atoms. The minimum absolute atomic E-state index is 0.0589. The van der Waals surface area contributed by atoms with Crippen LogP contribution in [0.25, 0.3) is 11.0 Å². The van der Waals surface area contributed by atoms with Gasteiger partial charge in [-0.15, -0.1) is 0 Å². The summed E-state index contributed by atoms with van der Waals surface area (Å²) in [4.78, 5) is 27.5. The number of rotatable bonds is 7. The van der Waals surface area contributed by atoms with Crippen molar-refractivity contribution < 1.29 is 14.0 Å². The number of fused-ring (bicyclic) bond motifs is 1.